The fraction of sp³-hybridized carbons (Fsp3) is 0.524. The minimum atomic E-state index is -4.55. The molecule has 2 aliphatic rings. The number of rotatable bonds is 2. The van der Waals surface area contributed by atoms with Crippen LogP contribution in [0.1, 0.15) is 56.0 Å². The summed E-state index contributed by atoms with van der Waals surface area (Å²) in [5, 5.41) is 9.99. The van der Waals surface area contributed by atoms with Crippen LogP contribution >= 0.6 is 0 Å². The number of aromatic nitrogens is 1. The molecule has 2 atom stereocenters. The number of anilines is 1. The highest BCUT2D eigenvalue weighted by Gasteiger charge is 2.50. The molecule has 28 heavy (non-hydrogen) atoms. The molecule has 2 fully saturated rings. The molecular weight excluding hydrogens is 369 g/mol. The number of hydrogen-bond donors (Lipinski definition) is 1. The molecule has 1 N–H and O–H groups in total. The first-order valence-corrected chi connectivity index (χ1v) is 9.39. The number of nitrogens with zero attached hydrogens (tertiary/aromatic N) is 2. The highest BCUT2D eigenvalue weighted by atomic mass is 19.4. The number of pyridine rings is 1. The van der Waals surface area contributed by atoms with E-state index in [4.69, 9.17) is 0 Å². The standard InChI is InChI=1S/C21H23F3N2O2/c1-19(2)7-12-8-20(3,10-19)11-26(12)17-13-5-4-6-15(21(22,23)24)16(13)25-9-14(17)18(27)28/h4-6,9,12H,7-8,10-11H2,1-3H3,(H,27,28)/t12-,20-/m0/s1. The summed E-state index contributed by atoms with van der Waals surface area (Å²) >= 11 is 0. The summed E-state index contributed by atoms with van der Waals surface area (Å²) in [4.78, 5) is 17.8. The summed E-state index contributed by atoms with van der Waals surface area (Å²) < 4.78 is 40.5. The van der Waals surface area contributed by atoms with Gasteiger partial charge in [0, 0.05) is 24.2 Å². The second-order valence-corrected chi connectivity index (χ2v) is 9.37. The van der Waals surface area contributed by atoms with Crippen LogP contribution in [0.4, 0.5) is 18.9 Å². The number of fused-ring (bicyclic) bond motifs is 3. The average molecular weight is 392 g/mol. The average Bonchev–Trinajstić information content (AvgIpc) is 2.80. The predicted molar refractivity (Wildman–Crippen MR) is 101 cm³/mol. The van der Waals surface area contributed by atoms with Crippen molar-refractivity contribution in [3.05, 3.63) is 35.5 Å². The minimum absolute atomic E-state index is 0.0133. The van der Waals surface area contributed by atoms with Gasteiger partial charge in [0.1, 0.15) is 5.56 Å². The third kappa shape index (κ3) is 3.01. The molecule has 1 aromatic carbocycles. The van der Waals surface area contributed by atoms with E-state index in [1.165, 1.54) is 6.07 Å². The van der Waals surface area contributed by atoms with Gasteiger partial charge in [-0.25, -0.2) is 4.79 Å². The first kappa shape index (κ1) is 19.0. The van der Waals surface area contributed by atoms with Gasteiger partial charge < -0.3 is 10.0 Å². The number of alkyl halides is 3. The monoisotopic (exact) mass is 392 g/mol. The molecule has 0 spiro atoms. The number of aromatic carboxylic acids is 1. The van der Waals surface area contributed by atoms with Crippen LogP contribution in [0, 0.1) is 10.8 Å². The summed E-state index contributed by atoms with van der Waals surface area (Å²) in [6.07, 6.45) is -0.677. The number of benzene rings is 1. The van der Waals surface area contributed by atoms with E-state index in [-0.39, 0.29) is 33.3 Å². The summed E-state index contributed by atoms with van der Waals surface area (Å²) in [7, 11) is 0. The summed E-state index contributed by atoms with van der Waals surface area (Å²) in [5.74, 6) is -1.17. The van der Waals surface area contributed by atoms with E-state index in [1.54, 1.807) is 6.07 Å². The molecule has 4 rings (SSSR count). The Morgan fingerprint density at radius 1 is 1.25 bits per heavy atom. The SMILES string of the molecule is CC1(C)C[C@H]2C[C@](C)(CN2c2c(C(=O)O)cnc3c(C(F)(F)F)cccc23)C1. The van der Waals surface area contributed by atoms with Crippen molar-refractivity contribution in [2.75, 3.05) is 11.4 Å². The summed E-state index contributed by atoms with van der Waals surface area (Å²) in [5.41, 5.74) is -0.580. The predicted octanol–water partition coefficient (Wildman–Crippen LogP) is 5.36. The maximum absolute atomic E-state index is 13.5. The van der Waals surface area contributed by atoms with Crippen molar-refractivity contribution < 1.29 is 23.1 Å². The van der Waals surface area contributed by atoms with Gasteiger partial charge in [-0.3, -0.25) is 4.98 Å². The van der Waals surface area contributed by atoms with Gasteiger partial charge in [0.25, 0.3) is 0 Å². The van der Waals surface area contributed by atoms with Gasteiger partial charge in [0.15, 0.2) is 0 Å². The number of carboxylic acids is 1. The number of halogens is 3. The van der Waals surface area contributed by atoms with E-state index < -0.39 is 17.7 Å². The normalized spacial score (nSPS) is 26.6. The molecule has 1 aromatic heterocycles. The number of carboxylic acid groups (broad SMARTS) is 1. The Morgan fingerprint density at radius 2 is 1.96 bits per heavy atom. The number of carbonyl (C=O) groups is 1. The second-order valence-electron chi connectivity index (χ2n) is 9.37. The maximum Gasteiger partial charge on any atom is 0.418 e. The minimum Gasteiger partial charge on any atom is -0.478 e. The van der Waals surface area contributed by atoms with Crippen LogP contribution < -0.4 is 4.90 Å². The van der Waals surface area contributed by atoms with Crippen molar-refractivity contribution in [1.82, 2.24) is 4.98 Å². The molecule has 1 aliphatic carbocycles. The fourth-order valence-corrected chi connectivity index (χ4v) is 5.63. The molecule has 0 unspecified atom stereocenters. The lowest BCUT2D eigenvalue weighted by molar-refractivity contribution is -0.136. The van der Waals surface area contributed by atoms with Gasteiger partial charge in [0.2, 0.25) is 0 Å². The molecule has 4 nitrogen and oxygen atoms in total. The Bertz CT molecular complexity index is 970. The molecule has 1 saturated carbocycles. The first-order valence-electron chi connectivity index (χ1n) is 9.39. The van der Waals surface area contributed by atoms with Crippen LogP contribution in [0.2, 0.25) is 0 Å². The highest BCUT2D eigenvalue weighted by Crippen LogP contribution is 2.54. The first-order chi connectivity index (χ1) is 12.9. The van der Waals surface area contributed by atoms with Gasteiger partial charge in [0.05, 0.1) is 16.8 Å². The third-order valence-electron chi connectivity index (χ3n) is 6.11. The van der Waals surface area contributed by atoms with Gasteiger partial charge >= 0.3 is 12.1 Å². The molecule has 1 aliphatic heterocycles. The van der Waals surface area contributed by atoms with Crippen LogP contribution in [0.25, 0.3) is 10.9 Å². The van der Waals surface area contributed by atoms with E-state index in [2.05, 4.69) is 25.8 Å². The van der Waals surface area contributed by atoms with E-state index >= 15 is 0 Å². The summed E-state index contributed by atoms with van der Waals surface area (Å²) in [6, 6.07) is 3.98. The largest absolute Gasteiger partial charge is 0.478 e. The van der Waals surface area contributed by atoms with Gasteiger partial charge in [-0.1, -0.05) is 32.9 Å². The lowest BCUT2D eigenvalue weighted by Crippen LogP contribution is -2.35. The van der Waals surface area contributed by atoms with E-state index in [9.17, 15) is 23.1 Å². The Balaban J connectivity index is 1.96. The topological polar surface area (TPSA) is 53.4 Å². The van der Waals surface area contributed by atoms with Gasteiger partial charge in [-0.05, 0) is 36.2 Å². The van der Waals surface area contributed by atoms with Gasteiger partial charge in [-0.2, -0.15) is 13.2 Å². The molecule has 2 bridgehead atoms. The zero-order valence-corrected chi connectivity index (χ0v) is 16.1. The Kier molecular flexibility index (Phi) is 3.97. The van der Waals surface area contributed by atoms with E-state index in [0.717, 1.165) is 31.5 Å². The number of hydrogen-bond acceptors (Lipinski definition) is 3. The second kappa shape index (κ2) is 5.84. The third-order valence-corrected chi connectivity index (χ3v) is 6.11. The summed E-state index contributed by atoms with van der Waals surface area (Å²) in [6.45, 7) is 7.22. The Morgan fingerprint density at radius 3 is 2.61 bits per heavy atom. The fourth-order valence-electron chi connectivity index (χ4n) is 5.63. The Labute approximate surface area is 161 Å². The molecular formula is C21H23F3N2O2. The number of para-hydroxylation sites is 1. The van der Waals surface area contributed by atoms with Crippen molar-refractivity contribution in [2.24, 2.45) is 10.8 Å². The van der Waals surface area contributed by atoms with Crippen LogP contribution in [0.5, 0.6) is 0 Å². The lowest BCUT2D eigenvalue weighted by Gasteiger charge is -2.39. The van der Waals surface area contributed by atoms with Crippen molar-refractivity contribution >= 4 is 22.6 Å². The van der Waals surface area contributed by atoms with Crippen LogP contribution in [-0.2, 0) is 6.18 Å². The van der Waals surface area contributed by atoms with Crippen LogP contribution in [0.15, 0.2) is 24.4 Å². The molecule has 0 radical (unpaired) electrons. The van der Waals surface area contributed by atoms with Crippen LogP contribution in [-0.4, -0.2) is 28.6 Å². The van der Waals surface area contributed by atoms with E-state index in [1.807, 2.05) is 4.90 Å². The lowest BCUT2D eigenvalue weighted by atomic mass is 9.65. The maximum atomic E-state index is 13.5. The zero-order valence-electron chi connectivity index (χ0n) is 16.1. The highest BCUT2D eigenvalue weighted by molar-refractivity contribution is 6.05. The van der Waals surface area contributed by atoms with Crippen molar-refractivity contribution in [3.8, 4) is 0 Å². The molecule has 150 valence electrons. The molecule has 7 heteroatoms. The molecule has 1 saturated heterocycles. The van der Waals surface area contributed by atoms with Gasteiger partial charge in [-0.15, -0.1) is 0 Å². The van der Waals surface area contributed by atoms with E-state index in [0.29, 0.717) is 12.2 Å². The van der Waals surface area contributed by atoms with Crippen molar-refractivity contribution in [2.45, 2.75) is 52.3 Å². The smallest absolute Gasteiger partial charge is 0.418 e. The molecule has 0 amide bonds. The Hall–Kier alpha value is -2.31. The quantitative estimate of drug-likeness (QED) is 0.748. The molecule has 2 heterocycles. The van der Waals surface area contributed by atoms with Crippen molar-refractivity contribution in [1.29, 1.82) is 0 Å². The van der Waals surface area contributed by atoms with Crippen molar-refractivity contribution in [3.63, 3.8) is 0 Å². The van der Waals surface area contributed by atoms with Crippen LogP contribution in [0.3, 0.4) is 0 Å². The zero-order chi connectivity index (χ0) is 20.5. The molecule has 2 aromatic rings.